The molecule has 0 bridgehead atoms. The maximum atomic E-state index is 10.8. The van der Waals surface area contributed by atoms with Gasteiger partial charge in [-0.05, 0) is 18.8 Å². The van der Waals surface area contributed by atoms with Crippen molar-refractivity contribution in [2.45, 2.75) is 19.4 Å². The normalized spacial score (nSPS) is 15.5. The van der Waals surface area contributed by atoms with Crippen molar-refractivity contribution in [2.75, 3.05) is 13.1 Å². The van der Waals surface area contributed by atoms with Crippen LogP contribution in [0.15, 0.2) is 6.20 Å². The van der Waals surface area contributed by atoms with Crippen LogP contribution in [-0.4, -0.2) is 38.6 Å². The second-order valence-corrected chi connectivity index (χ2v) is 4.95. The molecule has 1 aromatic heterocycles. The molecule has 2 rings (SSSR count). The minimum atomic E-state index is -0.800. The Morgan fingerprint density at radius 2 is 2.41 bits per heavy atom. The Labute approximate surface area is 105 Å². The summed E-state index contributed by atoms with van der Waals surface area (Å²) in [5.74, 6) is 0.660. The Bertz CT molecular complexity index is 415. The van der Waals surface area contributed by atoms with Crippen LogP contribution in [0.4, 0.5) is 0 Å². The van der Waals surface area contributed by atoms with E-state index < -0.39 is 5.97 Å². The minimum absolute atomic E-state index is 0.0565. The quantitative estimate of drug-likeness (QED) is 0.836. The number of hydrogen-bond donors (Lipinski definition) is 1. The first-order valence-corrected chi connectivity index (χ1v) is 6.04. The van der Waals surface area contributed by atoms with Gasteiger partial charge in [0.2, 0.25) is 0 Å². The molecule has 94 valence electrons. The lowest BCUT2D eigenvalue weighted by atomic mass is 10.3. The summed E-state index contributed by atoms with van der Waals surface area (Å²) in [7, 11) is 1.83. The molecule has 1 aromatic rings. The highest BCUT2D eigenvalue weighted by molar-refractivity contribution is 6.29. The maximum Gasteiger partial charge on any atom is 0.317 e. The molecule has 0 spiro atoms. The van der Waals surface area contributed by atoms with Gasteiger partial charge in [0.25, 0.3) is 0 Å². The molecule has 0 radical (unpaired) electrons. The van der Waals surface area contributed by atoms with Gasteiger partial charge in [-0.3, -0.25) is 9.69 Å². The smallest absolute Gasteiger partial charge is 0.317 e. The molecule has 0 aliphatic heterocycles. The molecule has 1 aliphatic carbocycles. The first-order valence-electron chi connectivity index (χ1n) is 5.66. The van der Waals surface area contributed by atoms with E-state index in [0.717, 1.165) is 12.4 Å². The van der Waals surface area contributed by atoms with Gasteiger partial charge in [0.05, 0.1) is 19.3 Å². The summed E-state index contributed by atoms with van der Waals surface area (Å²) in [6.45, 7) is 1.42. The van der Waals surface area contributed by atoms with Gasteiger partial charge in [-0.2, -0.15) is 0 Å². The molecule has 0 aromatic carbocycles. The number of imidazole rings is 1. The van der Waals surface area contributed by atoms with Crippen molar-refractivity contribution in [3.63, 3.8) is 0 Å². The molecular formula is C11H16ClN3O2. The van der Waals surface area contributed by atoms with Crippen molar-refractivity contribution in [2.24, 2.45) is 13.0 Å². The highest BCUT2D eigenvalue weighted by Crippen LogP contribution is 2.30. The van der Waals surface area contributed by atoms with Crippen LogP contribution in [0.3, 0.4) is 0 Å². The molecule has 1 heterocycles. The molecule has 1 fully saturated rings. The molecule has 1 aliphatic rings. The number of halogens is 1. The third kappa shape index (κ3) is 3.44. The minimum Gasteiger partial charge on any atom is -0.480 e. The van der Waals surface area contributed by atoms with Crippen LogP contribution in [0.2, 0.25) is 5.15 Å². The van der Waals surface area contributed by atoms with Gasteiger partial charge in [0.15, 0.2) is 0 Å². The monoisotopic (exact) mass is 257 g/mol. The summed E-state index contributed by atoms with van der Waals surface area (Å²) in [5.41, 5.74) is 0. The molecular weight excluding hydrogens is 242 g/mol. The number of nitrogens with zero attached hydrogens (tertiary/aromatic N) is 3. The van der Waals surface area contributed by atoms with Crippen molar-refractivity contribution < 1.29 is 9.90 Å². The lowest BCUT2D eigenvalue weighted by Gasteiger charge is -2.19. The average Bonchev–Trinajstić information content (AvgIpc) is 3.00. The van der Waals surface area contributed by atoms with E-state index in [1.54, 1.807) is 10.8 Å². The Balaban J connectivity index is 1.99. The lowest BCUT2D eigenvalue weighted by molar-refractivity contribution is -0.138. The van der Waals surface area contributed by atoms with Gasteiger partial charge >= 0.3 is 5.97 Å². The summed E-state index contributed by atoms with van der Waals surface area (Å²) >= 11 is 5.90. The lowest BCUT2D eigenvalue weighted by Crippen LogP contribution is -2.32. The maximum absolute atomic E-state index is 10.8. The highest BCUT2D eigenvalue weighted by atomic mass is 35.5. The zero-order chi connectivity index (χ0) is 12.4. The number of hydrogen-bond acceptors (Lipinski definition) is 3. The summed E-state index contributed by atoms with van der Waals surface area (Å²) in [6.07, 6.45) is 4.00. The zero-order valence-electron chi connectivity index (χ0n) is 9.77. The molecule has 0 unspecified atom stereocenters. The van der Waals surface area contributed by atoms with E-state index in [0.29, 0.717) is 17.6 Å². The summed E-state index contributed by atoms with van der Waals surface area (Å²) < 4.78 is 1.78. The number of carbonyl (C=O) groups is 1. The number of aromatic nitrogens is 2. The van der Waals surface area contributed by atoms with Crippen LogP contribution < -0.4 is 0 Å². The number of carboxylic acids is 1. The standard InChI is InChI=1S/C11H16ClN3O2/c1-14-9(12)4-13-10(14)6-15(7-11(16)17)5-8-2-3-8/h4,8H,2-3,5-7H2,1H3,(H,16,17). The molecule has 0 amide bonds. The summed E-state index contributed by atoms with van der Waals surface area (Å²) in [4.78, 5) is 16.9. The first kappa shape index (κ1) is 12.4. The second-order valence-electron chi connectivity index (χ2n) is 4.56. The largest absolute Gasteiger partial charge is 0.480 e. The Kier molecular flexibility index (Phi) is 3.69. The fraction of sp³-hybridized carbons (Fsp3) is 0.636. The zero-order valence-corrected chi connectivity index (χ0v) is 10.5. The van der Waals surface area contributed by atoms with Crippen molar-refractivity contribution in [3.05, 3.63) is 17.2 Å². The number of carboxylic acid groups (broad SMARTS) is 1. The van der Waals surface area contributed by atoms with Crippen molar-refractivity contribution >= 4 is 17.6 Å². The van der Waals surface area contributed by atoms with E-state index in [-0.39, 0.29) is 6.54 Å². The Hall–Kier alpha value is -1.07. The van der Waals surface area contributed by atoms with E-state index >= 15 is 0 Å². The Morgan fingerprint density at radius 1 is 1.71 bits per heavy atom. The average molecular weight is 258 g/mol. The van der Waals surface area contributed by atoms with E-state index in [1.165, 1.54) is 12.8 Å². The molecule has 5 nitrogen and oxygen atoms in total. The van der Waals surface area contributed by atoms with Gasteiger partial charge in [0, 0.05) is 13.6 Å². The molecule has 1 saturated carbocycles. The van der Waals surface area contributed by atoms with E-state index in [1.807, 2.05) is 11.9 Å². The van der Waals surface area contributed by atoms with Crippen LogP contribution in [-0.2, 0) is 18.4 Å². The predicted molar refractivity (Wildman–Crippen MR) is 63.9 cm³/mol. The Morgan fingerprint density at radius 3 is 2.88 bits per heavy atom. The third-order valence-electron chi connectivity index (χ3n) is 2.96. The predicted octanol–water partition coefficient (Wildman–Crippen LogP) is 1.37. The van der Waals surface area contributed by atoms with Crippen molar-refractivity contribution in [1.82, 2.24) is 14.5 Å². The van der Waals surface area contributed by atoms with Gasteiger partial charge in [0.1, 0.15) is 11.0 Å². The topological polar surface area (TPSA) is 58.4 Å². The number of aliphatic carboxylic acids is 1. The number of rotatable bonds is 6. The van der Waals surface area contributed by atoms with Crippen LogP contribution in [0.25, 0.3) is 0 Å². The van der Waals surface area contributed by atoms with E-state index in [2.05, 4.69) is 4.98 Å². The summed E-state index contributed by atoms with van der Waals surface area (Å²) in [6, 6.07) is 0. The van der Waals surface area contributed by atoms with Gasteiger partial charge < -0.3 is 9.67 Å². The van der Waals surface area contributed by atoms with Crippen molar-refractivity contribution in [1.29, 1.82) is 0 Å². The van der Waals surface area contributed by atoms with E-state index in [4.69, 9.17) is 16.7 Å². The van der Waals surface area contributed by atoms with Crippen LogP contribution in [0.1, 0.15) is 18.7 Å². The van der Waals surface area contributed by atoms with Gasteiger partial charge in [-0.25, -0.2) is 4.98 Å². The summed E-state index contributed by atoms with van der Waals surface area (Å²) in [5, 5.41) is 9.45. The highest BCUT2D eigenvalue weighted by Gasteiger charge is 2.26. The third-order valence-corrected chi connectivity index (χ3v) is 3.32. The van der Waals surface area contributed by atoms with Crippen LogP contribution in [0, 0.1) is 5.92 Å². The molecule has 0 saturated heterocycles. The molecule has 0 atom stereocenters. The first-order chi connectivity index (χ1) is 8.06. The fourth-order valence-corrected chi connectivity index (χ4v) is 1.96. The fourth-order valence-electron chi connectivity index (χ4n) is 1.81. The molecule has 6 heteroatoms. The van der Waals surface area contributed by atoms with Crippen LogP contribution >= 0.6 is 11.6 Å². The van der Waals surface area contributed by atoms with Gasteiger partial charge in [-0.15, -0.1) is 0 Å². The van der Waals surface area contributed by atoms with E-state index in [9.17, 15) is 4.79 Å². The SMILES string of the molecule is Cn1c(Cl)cnc1CN(CC(=O)O)CC1CC1. The second kappa shape index (κ2) is 5.06. The molecule has 17 heavy (non-hydrogen) atoms. The van der Waals surface area contributed by atoms with Crippen LogP contribution in [0.5, 0.6) is 0 Å². The molecule has 1 N–H and O–H groups in total. The van der Waals surface area contributed by atoms with Crippen molar-refractivity contribution in [3.8, 4) is 0 Å². The van der Waals surface area contributed by atoms with Gasteiger partial charge in [-0.1, -0.05) is 11.6 Å².